The van der Waals surface area contributed by atoms with Crippen molar-refractivity contribution in [2.24, 2.45) is 0 Å². The second-order valence-corrected chi connectivity index (χ2v) is 6.86. The Morgan fingerprint density at radius 1 is 0.839 bits per heavy atom. The van der Waals surface area contributed by atoms with E-state index in [1.54, 1.807) is 24.3 Å². The van der Waals surface area contributed by atoms with Crippen molar-refractivity contribution >= 4 is 28.6 Å². The lowest BCUT2D eigenvalue weighted by molar-refractivity contribution is -0.129. The number of carbonyl (C=O) groups excluding carboxylic acids is 3. The van der Waals surface area contributed by atoms with Gasteiger partial charge in [-0.15, -0.1) is 0 Å². The Morgan fingerprint density at radius 3 is 2.32 bits per heavy atom. The molecule has 0 saturated carbocycles. The summed E-state index contributed by atoms with van der Waals surface area (Å²) in [5.41, 5.74) is 6.01. The van der Waals surface area contributed by atoms with Crippen molar-refractivity contribution in [3.8, 4) is 5.75 Å². The Morgan fingerprint density at radius 2 is 1.55 bits per heavy atom. The van der Waals surface area contributed by atoms with Crippen LogP contribution in [0.15, 0.2) is 66.7 Å². The number of ether oxygens (including phenoxy) is 2. The Bertz CT molecular complexity index is 1060. The quantitative estimate of drug-likeness (QED) is 0.431. The van der Waals surface area contributed by atoms with Crippen molar-refractivity contribution in [1.82, 2.24) is 10.9 Å². The summed E-state index contributed by atoms with van der Waals surface area (Å²) < 4.78 is 10.4. The van der Waals surface area contributed by atoms with Gasteiger partial charge in [0.15, 0.2) is 6.61 Å². The third kappa shape index (κ3) is 6.30. The molecule has 0 saturated heterocycles. The highest BCUT2D eigenvalue weighted by atomic mass is 16.5. The fourth-order valence-corrected chi connectivity index (χ4v) is 2.95. The van der Waals surface area contributed by atoms with Gasteiger partial charge in [0, 0.05) is 0 Å². The molecule has 2 N–H and O–H groups in total. The fraction of sp³-hybridized carbons (Fsp3) is 0.208. The molecule has 31 heavy (non-hydrogen) atoms. The van der Waals surface area contributed by atoms with Crippen LogP contribution in [0.3, 0.4) is 0 Å². The standard InChI is InChI=1S/C24H24N2O5/c1-2-14-30-24(29)18-10-12-20(13-11-18)31-16-23(28)26-25-22(27)15-19-8-5-7-17-6-3-4-9-21(17)19/h3-13H,2,14-16H2,1H3,(H,25,27)(H,26,28). The van der Waals surface area contributed by atoms with Gasteiger partial charge in [0.2, 0.25) is 5.91 Å². The van der Waals surface area contributed by atoms with Crippen LogP contribution in [0.4, 0.5) is 0 Å². The molecule has 0 bridgehead atoms. The maximum atomic E-state index is 12.2. The zero-order chi connectivity index (χ0) is 22.1. The zero-order valence-corrected chi connectivity index (χ0v) is 17.2. The van der Waals surface area contributed by atoms with Crippen LogP contribution in [-0.2, 0) is 20.7 Å². The summed E-state index contributed by atoms with van der Waals surface area (Å²) in [6, 6.07) is 19.9. The van der Waals surface area contributed by atoms with Gasteiger partial charge in [-0.25, -0.2) is 4.79 Å². The van der Waals surface area contributed by atoms with Gasteiger partial charge < -0.3 is 9.47 Å². The summed E-state index contributed by atoms with van der Waals surface area (Å²) in [6.45, 7) is 2.00. The highest BCUT2D eigenvalue weighted by Gasteiger charge is 2.10. The smallest absolute Gasteiger partial charge is 0.338 e. The minimum absolute atomic E-state index is 0.137. The van der Waals surface area contributed by atoms with Gasteiger partial charge in [-0.05, 0) is 47.0 Å². The van der Waals surface area contributed by atoms with Gasteiger partial charge in [-0.3, -0.25) is 20.4 Å². The van der Waals surface area contributed by atoms with Crippen LogP contribution in [0.5, 0.6) is 5.75 Å². The highest BCUT2D eigenvalue weighted by Crippen LogP contribution is 2.18. The van der Waals surface area contributed by atoms with Crippen LogP contribution >= 0.6 is 0 Å². The number of hydrogen-bond donors (Lipinski definition) is 2. The molecule has 7 heteroatoms. The minimum Gasteiger partial charge on any atom is -0.484 e. The third-order valence-corrected chi connectivity index (χ3v) is 4.47. The van der Waals surface area contributed by atoms with E-state index in [9.17, 15) is 14.4 Å². The maximum absolute atomic E-state index is 12.2. The molecule has 0 aliphatic carbocycles. The number of hydrogen-bond acceptors (Lipinski definition) is 5. The molecule has 0 radical (unpaired) electrons. The largest absolute Gasteiger partial charge is 0.484 e. The number of fused-ring (bicyclic) bond motifs is 1. The summed E-state index contributed by atoms with van der Waals surface area (Å²) in [5.74, 6) is -0.818. The van der Waals surface area contributed by atoms with Crippen molar-refractivity contribution in [2.75, 3.05) is 13.2 Å². The molecule has 0 aliphatic rings. The van der Waals surface area contributed by atoms with Crippen LogP contribution in [0.2, 0.25) is 0 Å². The number of nitrogens with one attached hydrogen (secondary N) is 2. The van der Waals surface area contributed by atoms with Gasteiger partial charge in [-0.1, -0.05) is 49.4 Å². The average Bonchev–Trinajstić information content (AvgIpc) is 2.80. The number of rotatable bonds is 8. The number of benzene rings is 3. The first kappa shape index (κ1) is 21.8. The number of carbonyl (C=O) groups is 3. The fourth-order valence-electron chi connectivity index (χ4n) is 2.95. The first-order chi connectivity index (χ1) is 15.1. The van der Waals surface area contributed by atoms with Crippen molar-refractivity contribution in [3.63, 3.8) is 0 Å². The Kier molecular flexibility index (Phi) is 7.59. The van der Waals surface area contributed by atoms with Crippen LogP contribution in [-0.4, -0.2) is 31.0 Å². The molecule has 2 amide bonds. The third-order valence-electron chi connectivity index (χ3n) is 4.47. The van der Waals surface area contributed by atoms with E-state index in [1.165, 1.54) is 0 Å². The topological polar surface area (TPSA) is 93.7 Å². The van der Waals surface area contributed by atoms with Crippen LogP contribution in [0.25, 0.3) is 10.8 Å². The van der Waals surface area contributed by atoms with Gasteiger partial charge >= 0.3 is 5.97 Å². The first-order valence-electron chi connectivity index (χ1n) is 10.0. The minimum atomic E-state index is -0.502. The molecule has 7 nitrogen and oxygen atoms in total. The molecule has 3 aromatic carbocycles. The number of hydrazine groups is 1. The Labute approximate surface area is 180 Å². The van der Waals surface area contributed by atoms with Crippen molar-refractivity contribution in [2.45, 2.75) is 19.8 Å². The van der Waals surface area contributed by atoms with Crippen LogP contribution in [0.1, 0.15) is 29.3 Å². The Hall–Kier alpha value is -3.87. The zero-order valence-electron chi connectivity index (χ0n) is 17.2. The van der Waals surface area contributed by atoms with Crippen LogP contribution in [0, 0.1) is 0 Å². The number of amides is 2. The molecule has 0 heterocycles. The molecule has 3 rings (SSSR count). The SMILES string of the molecule is CCCOC(=O)c1ccc(OCC(=O)NNC(=O)Cc2cccc3ccccc23)cc1. The average molecular weight is 420 g/mol. The lowest BCUT2D eigenvalue weighted by Crippen LogP contribution is -2.44. The summed E-state index contributed by atoms with van der Waals surface area (Å²) >= 11 is 0. The highest BCUT2D eigenvalue weighted by molar-refractivity contribution is 5.91. The molecule has 0 atom stereocenters. The van der Waals surface area contributed by atoms with E-state index in [-0.39, 0.29) is 18.9 Å². The molecule has 0 unspecified atom stereocenters. The predicted octanol–water partition coefficient (Wildman–Crippen LogP) is 3.18. The summed E-state index contributed by atoms with van der Waals surface area (Å²) in [7, 11) is 0. The summed E-state index contributed by atoms with van der Waals surface area (Å²) in [6.07, 6.45) is 0.888. The molecular formula is C24H24N2O5. The molecule has 0 aromatic heterocycles. The summed E-state index contributed by atoms with van der Waals surface area (Å²) in [4.78, 5) is 35.9. The van der Waals surface area contributed by atoms with Crippen molar-refractivity contribution in [1.29, 1.82) is 0 Å². The predicted molar refractivity (Wildman–Crippen MR) is 116 cm³/mol. The van der Waals surface area contributed by atoms with Crippen LogP contribution < -0.4 is 15.6 Å². The van der Waals surface area contributed by atoms with E-state index in [0.29, 0.717) is 17.9 Å². The van der Waals surface area contributed by atoms with E-state index in [4.69, 9.17) is 9.47 Å². The lowest BCUT2D eigenvalue weighted by Gasteiger charge is -2.10. The molecule has 0 fully saturated rings. The second-order valence-electron chi connectivity index (χ2n) is 6.86. The second kappa shape index (κ2) is 10.8. The van der Waals surface area contributed by atoms with Gasteiger partial charge in [-0.2, -0.15) is 0 Å². The monoisotopic (exact) mass is 420 g/mol. The van der Waals surface area contributed by atoms with E-state index < -0.39 is 11.9 Å². The lowest BCUT2D eigenvalue weighted by atomic mass is 10.0. The molecule has 160 valence electrons. The molecule has 0 aliphatic heterocycles. The maximum Gasteiger partial charge on any atom is 0.338 e. The summed E-state index contributed by atoms with van der Waals surface area (Å²) in [5, 5.41) is 2.05. The van der Waals surface area contributed by atoms with Crippen molar-refractivity contribution < 1.29 is 23.9 Å². The van der Waals surface area contributed by atoms with Gasteiger partial charge in [0.05, 0.1) is 18.6 Å². The Balaban J connectivity index is 1.43. The number of esters is 1. The van der Waals surface area contributed by atoms with Crippen molar-refractivity contribution in [3.05, 3.63) is 77.9 Å². The first-order valence-corrected chi connectivity index (χ1v) is 10.0. The van der Waals surface area contributed by atoms with E-state index >= 15 is 0 Å². The van der Waals surface area contributed by atoms with Gasteiger partial charge in [0.1, 0.15) is 5.75 Å². The van der Waals surface area contributed by atoms with E-state index in [1.807, 2.05) is 49.4 Å². The normalized spacial score (nSPS) is 10.4. The van der Waals surface area contributed by atoms with E-state index in [2.05, 4.69) is 10.9 Å². The molecule has 3 aromatic rings. The molecular weight excluding hydrogens is 396 g/mol. The van der Waals surface area contributed by atoms with E-state index in [0.717, 1.165) is 22.8 Å². The molecule has 0 spiro atoms. The van der Waals surface area contributed by atoms with Gasteiger partial charge in [0.25, 0.3) is 5.91 Å².